The lowest BCUT2D eigenvalue weighted by molar-refractivity contribution is -0.192. The number of hydrogen-bond acceptors (Lipinski definition) is 6. The van der Waals surface area contributed by atoms with Crippen molar-refractivity contribution < 1.29 is 41.0 Å². The number of carbonyl (C=O) groups excluding carboxylic acids is 1. The van der Waals surface area contributed by atoms with E-state index in [0.29, 0.717) is 41.9 Å². The molecule has 4 rings (SSSR count). The smallest absolute Gasteiger partial charge is 0.490 e. The summed E-state index contributed by atoms with van der Waals surface area (Å²) in [6.45, 7) is 11.7. The first-order valence-electron chi connectivity index (χ1n) is 14.3. The van der Waals surface area contributed by atoms with Gasteiger partial charge in [-0.3, -0.25) is 4.79 Å². The summed E-state index contributed by atoms with van der Waals surface area (Å²) in [5.41, 5.74) is 17.0. The van der Waals surface area contributed by atoms with Crippen LogP contribution < -0.4 is 16.2 Å². The van der Waals surface area contributed by atoms with Crippen LogP contribution in [0.15, 0.2) is 36.5 Å². The van der Waals surface area contributed by atoms with Crippen molar-refractivity contribution in [2.75, 3.05) is 26.0 Å². The molecule has 1 aliphatic rings. The second-order valence-corrected chi connectivity index (χ2v) is 14.4. The first kappa shape index (κ1) is 37.6. The van der Waals surface area contributed by atoms with Gasteiger partial charge in [-0.1, -0.05) is 33.8 Å². The molecule has 45 heavy (non-hydrogen) atoms. The maximum atomic E-state index is 12.3. The number of aromatic nitrogens is 1. The van der Waals surface area contributed by atoms with Crippen LogP contribution in [-0.2, 0) is 21.4 Å². The predicted octanol–water partition coefficient (Wildman–Crippen LogP) is 5.62. The maximum Gasteiger partial charge on any atom is 0.490 e. The molecule has 1 amide bonds. The number of primary amides is 1. The van der Waals surface area contributed by atoms with Crippen molar-refractivity contribution in [3.05, 3.63) is 53.2 Å². The van der Waals surface area contributed by atoms with Gasteiger partial charge in [0.05, 0.1) is 23.9 Å². The largest absolute Gasteiger partial charge is 0.496 e. The molecule has 3 aromatic rings. The monoisotopic (exact) mass is 656 g/mol. The van der Waals surface area contributed by atoms with E-state index in [1.165, 1.54) is 0 Å². The quantitative estimate of drug-likeness (QED) is 0.256. The standard InChI is InChI=1S/C24H30N4O4S.C5H12.C2HF3O2/c1-3-33(30,31)28-8-6-15(7-9-28)21-14-27-23-19(21)11-17(12-20(23)24(26)29)16-4-5-22(32-2)18(10-16)13-25;1-5(2,3)4;3-2(4,5)1(6)7/h4-5,10-12,14-15,27H,3,6-9,13,25H2,1-2H3,(H2,26,29);1-4H3;(H,6,7). The number of nitrogens with one attached hydrogen (secondary N) is 1. The van der Waals surface area contributed by atoms with Gasteiger partial charge in [0.2, 0.25) is 10.0 Å². The van der Waals surface area contributed by atoms with E-state index in [-0.39, 0.29) is 11.7 Å². The number of methoxy groups -OCH3 is 1. The number of piperidine rings is 1. The van der Waals surface area contributed by atoms with Gasteiger partial charge in [-0.05, 0) is 72.1 Å². The highest BCUT2D eigenvalue weighted by molar-refractivity contribution is 7.89. The van der Waals surface area contributed by atoms with Gasteiger partial charge in [-0.25, -0.2) is 17.5 Å². The van der Waals surface area contributed by atoms with Crippen LogP contribution in [-0.4, -0.2) is 66.8 Å². The Hall–Kier alpha value is -3.62. The number of nitrogens with two attached hydrogens (primary N) is 2. The summed E-state index contributed by atoms with van der Waals surface area (Å²) in [4.78, 5) is 24.4. The van der Waals surface area contributed by atoms with Gasteiger partial charge >= 0.3 is 12.1 Å². The molecule has 0 radical (unpaired) electrons. The van der Waals surface area contributed by atoms with E-state index in [1.54, 1.807) is 24.4 Å². The zero-order chi connectivity index (χ0) is 34.3. The molecule has 0 spiro atoms. The number of carboxylic acid groups (broad SMARTS) is 1. The molecule has 2 aromatic carbocycles. The zero-order valence-electron chi connectivity index (χ0n) is 26.4. The van der Waals surface area contributed by atoms with Gasteiger partial charge in [0.25, 0.3) is 5.91 Å². The van der Waals surface area contributed by atoms with Crippen LogP contribution in [0.2, 0.25) is 0 Å². The molecule has 1 fully saturated rings. The van der Waals surface area contributed by atoms with Gasteiger partial charge in [0.1, 0.15) is 5.75 Å². The minimum atomic E-state index is -5.08. The Balaban J connectivity index is 0.000000500. The number of carbonyl (C=O) groups is 2. The van der Waals surface area contributed by atoms with Crippen molar-refractivity contribution in [3.8, 4) is 16.9 Å². The van der Waals surface area contributed by atoms with E-state index in [1.807, 2.05) is 24.4 Å². The van der Waals surface area contributed by atoms with E-state index >= 15 is 0 Å². The minimum absolute atomic E-state index is 0.114. The summed E-state index contributed by atoms with van der Waals surface area (Å²) in [5.74, 6) is -2.25. The molecule has 0 bridgehead atoms. The molecule has 0 unspecified atom stereocenters. The summed E-state index contributed by atoms with van der Waals surface area (Å²) in [7, 11) is -1.58. The molecule has 1 aromatic heterocycles. The molecule has 250 valence electrons. The number of aliphatic carboxylic acids is 1. The average molecular weight is 657 g/mol. The summed E-state index contributed by atoms with van der Waals surface area (Å²) in [6.07, 6.45) is -1.71. The molecule has 0 saturated carbocycles. The molecule has 14 heteroatoms. The fraction of sp³-hybridized carbons (Fsp3) is 0.484. The number of nitrogens with zero attached hydrogens (tertiary/aromatic N) is 1. The normalized spacial score (nSPS) is 14.6. The third kappa shape index (κ3) is 10.5. The Morgan fingerprint density at radius 1 is 1.07 bits per heavy atom. The van der Waals surface area contributed by atoms with Crippen molar-refractivity contribution in [2.45, 2.75) is 66.1 Å². The van der Waals surface area contributed by atoms with Gasteiger partial charge < -0.3 is 26.3 Å². The molecule has 2 heterocycles. The third-order valence-electron chi connectivity index (χ3n) is 6.81. The Morgan fingerprint density at radius 3 is 2.07 bits per heavy atom. The molecule has 6 N–H and O–H groups in total. The molecule has 10 nitrogen and oxygen atoms in total. The number of H-pyrrole nitrogens is 1. The lowest BCUT2D eigenvalue weighted by Gasteiger charge is -2.31. The van der Waals surface area contributed by atoms with E-state index in [2.05, 4.69) is 38.7 Å². The SMILES string of the molecule is CC(C)(C)C.CCS(=O)(=O)N1CCC(c2c[nH]c3c(C(N)=O)cc(-c4ccc(OC)c(CN)c4)cc23)CC1.O=C(O)C(F)(F)F. The van der Waals surface area contributed by atoms with E-state index in [0.717, 1.165) is 40.5 Å². The van der Waals surface area contributed by atoms with Crippen molar-refractivity contribution in [1.29, 1.82) is 0 Å². The Kier molecular flexibility index (Phi) is 12.6. The average Bonchev–Trinajstić information content (AvgIpc) is 3.39. The Morgan fingerprint density at radius 2 is 1.62 bits per heavy atom. The second kappa shape index (κ2) is 15.1. The number of rotatable bonds is 7. The zero-order valence-corrected chi connectivity index (χ0v) is 27.2. The number of aromatic amines is 1. The van der Waals surface area contributed by atoms with Gasteiger partial charge in [0.15, 0.2) is 0 Å². The highest BCUT2D eigenvalue weighted by atomic mass is 32.2. The topological polar surface area (TPSA) is 169 Å². The number of amides is 1. The number of benzene rings is 2. The second-order valence-electron chi connectivity index (χ2n) is 12.2. The van der Waals surface area contributed by atoms with E-state index < -0.39 is 28.1 Å². The molecule has 1 aliphatic heterocycles. The van der Waals surface area contributed by atoms with Crippen molar-refractivity contribution in [3.63, 3.8) is 0 Å². The number of halogens is 3. The van der Waals surface area contributed by atoms with Gasteiger partial charge in [0, 0.05) is 36.8 Å². The van der Waals surface area contributed by atoms with E-state index in [4.69, 9.17) is 26.1 Å². The summed E-state index contributed by atoms with van der Waals surface area (Å²) >= 11 is 0. The number of ether oxygens (including phenoxy) is 1. The van der Waals surface area contributed by atoms with Crippen molar-refractivity contribution in [1.82, 2.24) is 9.29 Å². The van der Waals surface area contributed by atoms with Gasteiger partial charge in [-0.15, -0.1) is 0 Å². The molecule has 0 aliphatic carbocycles. The number of sulfonamides is 1. The number of fused-ring (bicyclic) bond motifs is 1. The van der Waals surface area contributed by atoms with Crippen molar-refractivity contribution in [2.24, 2.45) is 16.9 Å². The predicted molar refractivity (Wildman–Crippen MR) is 169 cm³/mol. The Labute approximate surface area is 262 Å². The van der Waals surface area contributed by atoms with Crippen LogP contribution in [0.25, 0.3) is 22.0 Å². The fourth-order valence-corrected chi connectivity index (χ4v) is 5.83. The highest BCUT2D eigenvalue weighted by Gasteiger charge is 2.38. The first-order valence-corrected chi connectivity index (χ1v) is 15.9. The van der Waals surface area contributed by atoms with Crippen LogP contribution in [0.5, 0.6) is 5.75 Å². The highest BCUT2D eigenvalue weighted by Crippen LogP contribution is 2.38. The Bertz CT molecular complexity index is 1580. The molecule has 0 atom stereocenters. The third-order valence-corrected chi connectivity index (χ3v) is 8.70. The summed E-state index contributed by atoms with van der Waals surface area (Å²) < 4.78 is 63.1. The van der Waals surface area contributed by atoms with Crippen LogP contribution in [0.4, 0.5) is 13.2 Å². The van der Waals surface area contributed by atoms with Crippen LogP contribution in [0, 0.1) is 5.41 Å². The van der Waals surface area contributed by atoms with Crippen LogP contribution in [0.3, 0.4) is 0 Å². The first-order chi connectivity index (χ1) is 20.7. The number of hydrogen-bond donors (Lipinski definition) is 4. The van der Waals surface area contributed by atoms with Crippen LogP contribution >= 0.6 is 0 Å². The van der Waals surface area contributed by atoms with Crippen molar-refractivity contribution >= 4 is 32.8 Å². The number of alkyl halides is 3. The molecule has 1 saturated heterocycles. The lowest BCUT2D eigenvalue weighted by Crippen LogP contribution is -2.38. The maximum absolute atomic E-state index is 12.3. The summed E-state index contributed by atoms with van der Waals surface area (Å²) in [5, 5.41) is 8.06. The minimum Gasteiger partial charge on any atom is -0.496 e. The lowest BCUT2D eigenvalue weighted by atomic mass is 9.88. The summed E-state index contributed by atoms with van der Waals surface area (Å²) in [6, 6.07) is 9.62. The molecular formula is C31H43F3N4O6S. The van der Waals surface area contributed by atoms with Crippen LogP contribution in [0.1, 0.15) is 74.9 Å². The van der Waals surface area contributed by atoms with E-state index in [9.17, 15) is 26.4 Å². The fourth-order valence-electron chi connectivity index (χ4n) is 4.70. The van der Waals surface area contributed by atoms with Gasteiger partial charge in [-0.2, -0.15) is 13.2 Å². The number of carboxylic acids is 1. The molecular weight excluding hydrogens is 613 g/mol.